The maximum Gasteiger partial charge on any atom is 0.268 e. The number of carbonyl (C=O) groups is 1. The van der Waals surface area contributed by atoms with Gasteiger partial charge in [0, 0.05) is 11.7 Å². The second-order valence-electron chi connectivity index (χ2n) is 7.92. The minimum absolute atomic E-state index is 0.0114. The molecule has 1 heterocycles. The zero-order chi connectivity index (χ0) is 18.2. The minimum Gasteiger partial charge on any atom is -0.481 e. The van der Waals surface area contributed by atoms with Crippen LogP contribution in [0.4, 0.5) is 5.69 Å². The Labute approximate surface area is 150 Å². The van der Waals surface area contributed by atoms with Crippen molar-refractivity contribution in [2.24, 2.45) is 0 Å². The second-order valence-corrected chi connectivity index (χ2v) is 7.92. The van der Waals surface area contributed by atoms with E-state index in [0.29, 0.717) is 0 Å². The van der Waals surface area contributed by atoms with Crippen molar-refractivity contribution in [3.05, 3.63) is 59.7 Å². The largest absolute Gasteiger partial charge is 0.481 e. The van der Waals surface area contributed by atoms with Crippen LogP contribution in [-0.2, 0) is 16.6 Å². The zero-order valence-corrected chi connectivity index (χ0v) is 15.7. The third-order valence-corrected chi connectivity index (χ3v) is 4.83. The fourth-order valence-corrected chi connectivity index (χ4v) is 3.39. The van der Waals surface area contributed by atoms with E-state index in [9.17, 15) is 4.79 Å². The monoisotopic (exact) mass is 337 g/mol. The van der Waals surface area contributed by atoms with Gasteiger partial charge in [0.2, 0.25) is 0 Å². The molecular weight excluding hydrogens is 310 g/mol. The van der Waals surface area contributed by atoms with E-state index in [4.69, 9.17) is 4.74 Å². The molecule has 1 amide bonds. The highest BCUT2D eigenvalue weighted by molar-refractivity contribution is 5.99. The number of nitrogens with zero attached hydrogens (tertiary/aromatic N) is 1. The van der Waals surface area contributed by atoms with Crippen LogP contribution in [0.3, 0.4) is 0 Å². The molecule has 0 saturated carbocycles. The number of rotatable bonds is 3. The van der Waals surface area contributed by atoms with Gasteiger partial charge in [0.25, 0.3) is 5.91 Å². The molecule has 0 aliphatic carbocycles. The van der Waals surface area contributed by atoms with Crippen molar-refractivity contribution in [1.29, 1.82) is 0 Å². The molecule has 0 bridgehead atoms. The van der Waals surface area contributed by atoms with Crippen molar-refractivity contribution in [3.8, 4) is 5.75 Å². The lowest BCUT2D eigenvalue weighted by atomic mass is 9.87. The van der Waals surface area contributed by atoms with Gasteiger partial charge in [-0.15, -0.1) is 0 Å². The fourth-order valence-electron chi connectivity index (χ4n) is 3.39. The van der Waals surface area contributed by atoms with Gasteiger partial charge in [0.05, 0.1) is 0 Å². The molecule has 0 saturated heterocycles. The highest BCUT2D eigenvalue weighted by Crippen LogP contribution is 2.33. The topological polar surface area (TPSA) is 29.5 Å². The number of hydrogen-bond donors (Lipinski definition) is 0. The molecule has 2 aromatic carbocycles. The molecule has 2 aromatic rings. The number of hydrogen-bond acceptors (Lipinski definition) is 2. The van der Waals surface area contributed by atoms with Crippen LogP contribution in [-0.4, -0.2) is 18.1 Å². The summed E-state index contributed by atoms with van der Waals surface area (Å²) in [5.74, 6) is 0.742. The molecule has 0 aromatic heterocycles. The van der Waals surface area contributed by atoms with Crippen LogP contribution in [0.5, 0.6) is 5.75 Å². The fraction of sp³-hybridized carbons (Fsp3) is 0.409. The van der Waals surface area contributed by atoms with Crippen molar-refractivity contribution < 1.29 is 9.53 Å². The lowest BCUT2D eigenvalue weighted by molar-refractivity contribution is -0.124. The average Bonchev–Trinajstić information content (AvgIpc) is 2.89. The summed E-state index contributed by atoms with van der Waals surface area (Å²) >= 11 is 0. The van der Waals surface area contributed by atoms with Crippen LogP contribution in [0.1, 0.15) is 45.7 Å². The molecule has 0 fully saturated rings. The Morgan fingerprint density at radius 2 is 1.76 bits per heavy atom. The van der Waals surface area contributed by atoms with Gasteiger partial charge < -0.3 is 9.64 Å². The summed E-state index contributed by atoms with van der Waals surface area (Å²) in [4.78, 5) is 14.8. The summed E-state index contributed by atoms with van der Waals surface area (Å²) in [5.41, 5.74) is 3.60. The quantitative estimate of drug-likeness (QED) is 0.810. The van der Waals surface area contributed by atoms with Crippen LogP contribution >= 0.6 is 0 Å². The number of para-hydroxylation sites is 1. The van der Waals surface area contributed by atoms with E-state index in [1.807, 2.05) is 42.2 Å². The molecular formula is C22H27NO2. The summed E-state index contributed by atoms with van der Waals surface area (Å²) in [5, 5.41) is 0. The molecule has 3 rings (SSSR count). The van der Waals surface area contributed by atoms with Gasteiger partial charge in [0.1, 0.15) is 5.75 Å². The van der Waals surface area contributed by atoms with E-state index in [-0.39, 0.29) is 17.4 Å². The SMILES string of the molecule is C[C@H](Oc1ccc(C(C)(C)C)cc1)C(=O)N1c2ccccc2C[C@H]1C. The summed E-state index contributed by atoms with van der Waals surface area (Å²) in [7, 11) is 0. The van der Waals surface area contributed by atoms with Crippen LogP contribution in [0.25, 0.3) is 0 Å². The van der Waals surface area contributed by atoms with Crippen LogP contribution in [0.2, 0.25) is 0 Å². The summed E-state index contributed by atoms with van der Waals surface area (Å²) < 4.78 is 5.93. The van der Waals surface area contributed by atoms with Gasteiger partial charge >= 0.3 is 0 Å². The third-order valence-electron chi connectivity index (χ3n) is 4.83. The van der Waals surface area contributed by atoms with Gasteiger partial charge in [-0.05, 0) is 55.0 Å². The number of carbonyl (C=O) groups excluding carboxylic acids is 1. The first kappa shape index (κ1) is 17.5. The van der Waals surface area contributed by atoms with E-state index in [0.717, 1.165) is 17.9 Å². The van der Waals surface area contributed by atoms with E-state index in [1.165, 1.54) is 11.1 Å². The lowest BCUT2D eigenvalue weighted by Crippen LogP contribution is -2.43. The number of ether oxygens (including phenoxy) is 1. The Morgan fingerprint density at radius 3 is 2.40 bits per heavy atom. The van der Waals surface area contributed by atoms with Gasteiger partial charge in [-0.2, -0.15) is 0 Å². The van der Waals surface area contributed by atoms with Crippen LogP contribution in [0, 0.1) is 0 Å². The molecule has 25 heavy (non-hydrogen) atoms. The van der Waals surface area contributed by atoms with Gasteiger partial charge in [-0.25, -0.2) is 0 Å². The normalized spacial score (nSPS) is 18.0. The Hall–Kier alpha value is -2.29. The van der Waals surface area contributed by atoms with Gasteiger partial charge in [-0.1, -0.05) is 51.1 Å². The molecule has 0 spiro atoms. The predicted molar refractivity (Wildman–Crippen MR) is 102 cm³/mol. The first-order chi connectivity index (χ1) is 11.8. The van der Waals surface area contributed by atoms with Crippen molar-refractivity contribution in [1.82, 2.24) is 0 Å². The van der Waals surface area contributed by atoms with E-state index in [1.54, 1.807) is 0 Å². The van der Waals surface area contributed by atoms with Crippen molar-refractivity contribution in [2.75, 3.05) is 4.90 Å². The molecule has 1 aliphatic heterocycles. The van der Waals surface area contributed by atoms with Crippen molar-refractivity contribution in [3.63, 3.8) is 0 Å². The van der Waals surface area contributed by atoms with E-state index < -0.39 is 6.10 Å². The molecule has 132 valence electrons. The molecule has 1 aliphatic rings. The standard InChI is InChI=1S/C22H27NO2/c1-15-14-17-8-6-7-9-20(17)23(15)21(24)16(2)25-19-12-10-18(11-13-19)22(3,4)5/h6-13,15-16H,14H2,1-5H3/t15-,16+/m1/s1. The van der Waals surface area contributed by atoms with Crippen molar-refractivity contribution >= 4 is 11.6 Å². The Kier molecular flexibility index (Phi) is 4.59. The molecule has 0 radical (unpaired) electrons. The maximum atomic E-state index is 12.9. The Balaban J connectivity index is 1.73. The van der Waals surface area contributed by atoms with E-state index >= 15 is 0 Å². The smallest absolute Gasteiger partial charge is 0.268 e. The Bertz CT molecular complexity index is 758. The lowest BCUT2D eigenvalue weighted by Gasteiger charge is -2.26. The maximum absolute atomic E-state index is 12.9. The molecule has 3 nitrogen and oxygen atoms in total. The third kappa shape index (κ3) is 3.55. The summed E-state index contributed by atoms with van der Waals surface area (Å²) in [6.07, 6.45) is 0.378. The molecule has 0 N–H and O–H groups in total. The second kappa shape index (κ2) is 6.55. The highest BCUT2D eigenvalue weighted by Gasteiger charge is 2.33. The first-order valence-electron chi connectivity index (χ1n) is 8.95. The first-order valence-corrected chi connectivity index (χ1v) is 8.95. The van der Waals surface area contributed by atoms with E-state index in [2.05, 4.69) is 45.9 Å². The van der Waals surface area contributed by atoms with Crippen molar-refractivity contribution in [2.45, 2.75) is 58.6 Å². The predicted octanol–water partition coefficient (Wildman–Crippen LogP) is 4.73. The Morgan fingerprint density at radius 1 is 1.12 bits per heavy atom. The average molecular weight is 337 g/mol. The minimum atomic E-state index is -0.519. The number of anilines is 1. The molecule has 2 atom stereocenters. The molecule has 0 unspecified atom stereocenters. The zero-order valence-electron chi connectivity index (χ0n) is 15.7. The summed E-state index contributed by atoms with van der Waals surface area (Å²) in [6, 6.07) is 16.3. The van der Waals surface area contributed by atoms with Gasteiger partial charge in [0.15, 0.2) is 6.10 Å². The highest BCUT2D eigenvalue weighted by atomic mass is 16.5. The number of benzene rings is 2. The number of fused-ring (bicyclic) bond motifs is 1. The molecule has 3 heteroatoms. The summed E-state index contributed by atoms with van der Waals surface area (Å²) in [6.45, 7) is 10.5. The van der Waals surface area contributed by atoms with Crippen LogP contribution < -0.4 is 9.64 Å². The van der Waals surface area contributed by atoms with Gasteiger partial charge in [-0.3, -0.25) is 4.79 Å². The number of amides is 1. The van der Waals surface area contributed by atoms with Crippen LogP contribution in [0.15, 0.2) is 48.5 Å².